The summed E-state index contributed by atoms with van der Waals surface area (Å²) in [6.07, 6.45) is 7.85. The minimum Gasteiger partial charge on any atom is -0.383 e. The smallest absolute Gasteiger partial charge is 0.233 e. The van der Waals surface area contributed by atoms with E-state index in [1.165, 1.54) is 32.1 Å². The zero-order chi connectivity index (χ0) is 14.6. The van der Waals surface area contributed by atoms with Gasteiger partial charge in [0.15, 0.2) is 0 Å². The first kappa shape index (κ1) is 24.2. The van der Waals surface area contributed by atoms with Crippen LogP contribution in [0.25, 0.3) is 0 Å². The van der Waals surface area contributed by atoms with Crippen LogP contribution in [0.2, 0.25) is 0 Å². The minimum atomic E-state index is 0. The summed E-state index contributed by atoms with van der Waals surface area (Å²) in [5.74, 6) is 0.0708. The van der Waals surface area contributed by atoms with Gasteiger partial charge in [0.25, 0.3) is 0 Å². The molecule has 1 rings (SSSR count). The number of amides is 1. The summed E-state index contributed by atoms with van der Waals surface area (Å²) in [4.78, 5) is 14.0. The van der Waals surface area contributed by atoms with Crippen LogP contribution >= 0.6 is 24.8 Å². The second-order valence-corrected chi connectivity index (χ2v) is 5.65. The fourth-order valence-electron chi connectivity index (χ4n) is 2.70. The molecule has 0 aromatic heterocycles. The van der Waals surface area contributed by atoms with E-state index in [9.17, 15) is 4.79 Å². The van der Waals surface area contributed by atoms with Gasteiger partial charge in [0, 0.05) is 26.2 Å². The molecular formula is C15H33Cl2N3O2. The second kappa shape index (κ2) is 15.8. The summed E-state index contributed by atoms with van der Waals surface area (Å²) in [7, 11) is 3.87. The molecule has 1 aliphatic rings. The van der Waals surface area contributed by atoms with Gasteiger partial charge in [-0.15, -0.1) is 24.8 Å². The van der Waals surface area contributed by atoms with Crippen LogP contribution < -0.4 is 10.6 Å². The Morgan fingerprint density at radius 3 is 2.50 bits per heavy atom. The van der Waals surface area contributed by atoms with Crippen LogP contribution in [0.4, 0.5) is 0 Å². The van der Waals surface area contributed by atoms with Gasteiger partial charge in [-0.2, -0.15) is 0 Å². The minimum absolute atomic E-state index is 0. The fraction of sp³-hybridized carbons (Fsp3) is 0.933. The summed E-state index contributed by atoms with van der Waals surface area (Å²) in [6.45, 7) is 3.57. The van der Waals surface area contributed by atoms with E-state index < -0.39 is 0 Å². The van der Waals surface area contributed by atoms with Crippen molar-refractivity contribution in [3.05, 3.63) is 0 Å². The number of ether oxygens (including phenoxy) is 1. The zero-order valence-corrected chi connectivity index (χ0v) is 15.6. The molecule has 0 aromatic rings. The summed E-state index contributed by atoms with van der Waals surface area (Å²) in [6, 6.07) is 0.759. The maximum atomic E-state index is 11.5. The zero-order valence-electron chi connectivity index (χ0n) is 13.9. The number of halogens is 2. The topological polar surface area (TPSA) is 53.6 Å². The van der Waals surface area contributed by atoms with Gasteiger partial charge in [0.2, 0.25) is 5.91 Å². The first-order valence-electron chi connectivity index (χ1n) is 7.90. The number of methoxy groups -OCH3 is 1. The molecule has 0 bridgehead atoms. The van der Waals surface area contributed by atoms with Crippen molar-refractivity contribution >= 4 is 30.7 Å². The van der Waals surface area contributed by atoms with Crippen molar-refractivity contribution < 1.29 is 9.53 Å². The van der Waals surface area contributed by atoms with Gasteiger partial charge in [-0.05, 0) is 32.9 Å². The third-order valence-corrected chi connectivity index (χ3v) is 3.98. The van der Waals surface area contributed by atoms with Crippen LogP contribution in [0.3, 0.4) is 0 Å². The molecule has 1 aliphatic carbocycles. The average molecular weight is 358 g/mol. The summed E-state index contributed by atoms with van der Waals surface area (Å²) in [5.41, 5.74) is 0. The average Bonchev–Trinajstić information content (AvgIpc) is 2.49. The van der Waals surface area contributed by atoms with Gasteiger partial charge in [-0.25, -0.2) is 0 Å². The Morgan fingerprint density at radius 2 is 1.86 bits per heavy atom. The molecule has 0 aliphatic heterocycles. The van der Waals surface area contributed by atoms with Crippen molar-refractivity contribution in [3.63, 3.8) is 0 Å². The van der Waals surface area contributed by atoms with E-state index >= 15 is 0 Å². The number of hydrogen-bond acceptors (Lipinski definition) is 4. The fourth-order valence-corrected chi connectivity index (χ4v) is 2.70. The predicted molar refractivity (Wildman–Crippen MR) is 96.4 cm³/mol. The number of nitrogens with zero attached hydrogens (tertiary/aromatic N) is 1. The lowest BCUT2D eigenvalue weighted by molar-refractivity contribution is -0.120. The molecule has 0 unspecified atom stereocenters. The number of carbonyl (C=O) groups excluding carboxylic acids is 1. The van der Waals surface area contributed by atoms with Gasteiger partial charge < -0.3 is 20.3 Å². The highest BCUT2D eigenvalue weighted by Gasteiger charge is 2.17. The molecule has 7 heteroatoms. The van der Waals surface area contributed by atoms with Crippen LogP contribution in [-0.2, 0) is 9.53 Å². The van der Waals surface area contributed by atoms with E-state index in [4.69, 9.17) is 4.74 Å². The van der Waals surface area contributed by atoms with Crippen LogP contribution in [0.5, 0.6) is 0 Å². The number of carbonyl (C=O) groups is 1. The van der Waals surface area contributed by atoms with Gasteiger partial charge in [-0.3, -0.25) is 4.79 Å². The Kier molecular flexibility index (Phi) is 17.4. The normalized spacial score (nSPS) is 15.0. The molecule has 134 valence electrons. The Hall–Kier alpha value is -0.0700. The monoisotopic (exact) mass is 357 g/mol. The number of hydrogen-bond donors (Lipinski definition) is 2. The van der Waals surface area contributed by atoms with Gasteiger partial charge in [-0.1, -0.05) is 19.3 Å². The van der Waals surface area contributed by atoms with Crippen LogP contribution in [0.15, 0.2) is 0 Å². The van der Waals surface area contributed by atoms with Crippen molar-refractivity contribution in [1.29, 1.82) is 0 Å². The lowest BCUT2D eigenvalue weighted by Crippen LogP contribution is -2.38. The van der Waals surface area contributed by atoms with E-state index in [0.29, 0.717) is 19.7 Å². The van der Waals surface area contributed by atoms with E-state index in [1.54, 1.807) is 7.11 Å². The molecule has 1 amide bonds. The quantitative estimate of drug-likeness (QED) is 0.585. The molecule has 22 heavy (non-hydrogen) atoms. The molecule has 5 nitrogen and oxygen atoms in total. The molecule has 0 heterocycles. The van der Waals surface area contributed by atoms with Crippen molar-refractivity contribution in [2.45, 2.75) is 44.6 Å². The highest BCUT2D eigenvalue weighted by atomic mass is 35.5. The first-order chi connectivity index (χ1) is 9.74. The van der Waals surface area contributed by atoms with E-state index in [-0.39, 0.29) is 30.7 Å². The first-order valence-corrected chi connectivity index (χ1v) is 7.90. The molecule has 1 saturated carbocycles. The molecule has 0 spiro atoms. The number of rotatable bonds is 10. The van der Waals surface area contributed by atoms with Gasteiger partial charge >= 0.3 is 0 Å². The largest absolute Gasteiger partial charge is 0.383 e. The highest BCUT2D eigenvalue weighted by Crippen LogP contribution is 2.21. The van der Waals surface area contributed by atoms with Crippen molar-refractivity contribution in [2.75, 3.05) is 46.9 Å². The standard InChI is InChI=1S/C15H31N3O2.2ClH/c1-18(14-7-4-3-5-8-14)11-6-9-17-15(19)13-16-10-12-20-2;;/h14,16H,3-13H2,1-2H3,(H,17,19);2*1H. The third kappa shape index (κ3) is 11.5. The third-order valence-electron chi connectivity index (χ3n) is 3.98. The van der Waals surface area contributed by atoms with E-state index in [0.717, 1.165) is 25.6 Å². The van der Waals surface area contributed by atoms with Crippen molar-refractivity contribution in [2.24, 2.45) is 0 Å². The molecule has 1 fully saturated rings. The molecule has 0 atom stereocenters. The Balaban J connectivity index is 0. The maximum Gasteiger partial charge on any atom is 0.233 e. The van der Waals surface area contributed by atoms with Gasteiger partial charge in [0.05, 0.1) is 13.2 Å². The second-order valence-electron chi connectivity index (χ2n) is 5.65. The molecule has 0 aromatic carbocycles. The van der Waals surface area contributed by atoms with E-state index in [2.05, 4.69) is 22.6 Å². The van der Waals surface area contributed by atoms with Crippen LogP contribution in [0.1, 0.15) is 38.5 Å². The highest BCUT2D eigenvalue weighted by molar-refractivity contribution is 5.85. The Morgan fingerprint density at radius 1 is 1.18 bits per heavy atom. The summed E-state index contributed by atoms with van der Waals surface area (Å²) < 4.78 is 4.91. The number of nitrogens with one attached hydrogen (secondary N) is 2. The maximum absolute atomic E-state index is 11.5. The summed E-state index contributed by atoms with van der Waals surface area (Å²) >= 11 is 0. The van der Waals surface area contributed by atoms with Crippen LogP contribution in [-0.4, -0.2) is 63.8 Å². The summed E-state index contributed by atoms with van der Waals surface area (Å²) in [5, 5.41) is 5.99. The van der Waals surface area contributed by atoms with Gasteiger partial charge in [0.1, 0.15) is 0 Å². The van der Waals surface area contributed by atoms with Crippen molar-refractivity contribution in [1.82, 2.24) is 15.5 Å². The lowest BCUT2D eigenvalue weighted by atomic mass is 9.94. The predicted octanol–water partition coefficient (Wildman–Crippen LogP) is 1.84. The molecule has 2 N–H and O–H groups in total. The molecular weight excluding hydrogens is 325 g/mol. The Bertz CT molecular complexity index is 265. The molecule has 0 saturated heterocycles. The van der Waals surface area contributed by atoms with E-state index in [1.807, 2.05) is 0 Å². The molecule has 0 radical (unpaired) electrons. The van der Waals surface area contributed by atoms with Crippen molar-refractivity contribution in [3.8, 4) is 0 Å². The lowest BCUT2D eigenvalue weighted by Gasteiger charge is -2.31. The van der Waals surface area contributed by atoms with Crippen LogP contribution in [0, 0.1) is 0 Å². The Labute approximate surface area is 147 Å². The SMILES string of the molecule is COCCNCC(=O)NCCCN(C)C1CCCCC1.Cl.Cl.